The van der Waals surface area contributed by atoms with Crippen LogP contribution in [-0.2, 0) is 13.1 Å². The first-order chi connectivity index (χ1) is 11.7. The summed E-state index contributed by atoms with van der Waals surface area (Å²) in [5, 5.41) is 13.4. The van der Waals surface area contributed by atoms with Crippen molar-refractivity contribution in [3.8, 4) is 5.75 Å². The second-order valence-electron chi connectivity index (χ2n) is 5.59. The number of hydrogen-bond donors (Lipinski definition) is 3. The third kappa shape index (κ3) is 5.61. The van der Waals surface area contributed by atoms with Crippen LogP contribution in [0.25, 0.3) is 0 Å². The zero-order valence-corrected chi connectivity index (χ0v) is 14.7. The number of guanidine groups is 1. The van der Waals surface area contributed by atoms with Crippen LogP contribution < -0.4 is 15.4 Å². The normalized spacial score (nSPS) is 11.4. The molecule has 0 saturated carbocycles. The number of rotatable bonds is 8. The van der Waals surface area contributed by atoms with Gasteiger partial charge in [0.25, 0.3) is 0 Å². The number of aryl methyl sites for hydroxylation is 1. The molecule has 0 unspecified atom stereocenters. The average molecular weight is 329 g/mol. The standard InChI is InChI=1S/C18H27N5O/c1-4-10-24-17-11-14(3)6-7-15(17)12-20-18(19-5-2)21-13-16-8-9-22-23-16/h6-9,11H,4-5,10,12-13H2,1-3H3,(H,22,23)(H2,19,20,21). The molecule has 0 aliphatic rings. The van der Waals surface area contributed by atoms with E-state index in [1.54, 1.807) is 6.20 Å². The van der Waals surface area contributed by atoms with Crippen LogP contribution >= 0.6 is 0 Å². The van der Waals surface area contributed by atoms with Gasteiger partial charge in [0.1, 0.15) is 5.75 Å². The molecule has 2 aromatic rings. The molecule has 0 aliphatic heterocycles. The molecule has 0 aliphatic carbocycles. The molecule has 0 amide bonds. The Morgan fingerprint density at radius 1 is 1.25 bits per heavy atom. The SMILES string of the molecule is CCCOc1cc(C)ccc1CN=C(NCC)NCc1ccn[nH]1. The molecular formula is C18H27N5O. The molecule has 0 saturated heterocycles. The molecule has 1 aromatic heterocycles. The van der Waals surface area contributed by atoms with Gasteiger partial charge < -0.3 is 15.4 Å². The number of aliphatic imine (C=N–C) groups is 1. The van der Waals surface area contributed by atoms with E-state index in [4.69, 9.17) is 4.74 Å². The van der Waals surface area contributed by atoms with Gasteiger partial charge in [-0.1, -0.05) is 19.1 Å². The topological polar surface area (TPSA) is 74.3 Å². The quantitative estimate of drug-likeness (QED) is 0.514. The zero-order valence-electron chi connectivity index (χ0n) is 14.7. The number of nitrogens with zero attached hydrogens (tertiary/aromatic N) is 2. The minimum absolute atomic E-state index is 0.567. The Morgan fingerprint density at radius 2 is 2.12 bits per heavy atom. The van der Waals surface area contributed by atoms with Crippen molar-refractivity contribution in [1.82, 2.24) is 20.8 Å². The Hall–Kier alpha value is -2.50. The van der Waals surface area contributed by atoms with Crippen LogP contribution in [0.5, 0.6) is 5.75 Å². The lowest BCUT2D eigenvalue weighted by atomic mass is 10.1. The molecule has 1 aromatic carbocycles. The number of nitrogens with one attached hydrogen (secondary N) is 3. The predicted molar refractivity (Wildman–Crippen MR) is 97.2 cm³/mol. The van der Waals surface area contributed by atoms with E-state index in [9.17, 15) is 0 Å². The fraction of sp³-hybridized carbons (Fsp3) is 0.444. The maximum Gasteiger partial charge on any atom is 0.191 e. The summed E-state index contributed by atoms with van der Waals surface area (Å²) in [6, 6.07) is 8.19. The van der Waals surface area contributed by atoms with Crippen LogP contribution in [0.15, 0.2) is 35.5 Å². The largest absolute Gasteiger partial charge is 0.493 e. The summed E-state index contributed by atoms with van der Waals surface area (Å²) >= 11 is 0. The first-order valence-corrected chi connectivity index (χ1v) is 8.45. The number of H-pyrrole nitrogens is 1. The summed E-state index contributed by atoms with van der Waals surface area (Å²) in [4.78, 5) is 4.66. The molecule has 130 valence electrons. The first kappa shape index (κ1) is 17.8. The fourth-order valence-corrected chi connectivity index (χ4v) is 2.21. The molecule has 6 nitrogen and oxygen atoms in total. The van der Waals surface area contributed by atoms with Crippen molar-refractivity contribution in [2.24, 2.45) is 4.99 Å². The molecule has 3 N–H and O–H groups in total. The van der Waals surface area contributed by atoms with Crippen LogP contribution in [0.1, 0.15) is 37.1 Å². The molecular weight excluding hydrogens is 302 g/mol. The van der Waals surface area contributed by atoms with Gasteiger partial charge >= 0.3 is 0 Å². The Kier molecular flexibility index (Phi) is 7.14. The summed E-state index contributed by atoms with van der Waals surface area (Å²) in [5.41, 5.74) is 3.30. The number of aromatic nitrogens is 2. The third-order valence-corrected chi connectivity index (χ3v) is 3.44. The van der Waals surface area contributed by atoms with E-state index in [-0.39, 0.29) is 0 Å². The minimum atomic E-state index is 0.567. The highest BCUT2D eigenvalue weighted by atomic mass is 16.5. The number of ether oxygens (including phenoxy) is 1. The van der Waals surface area contributed by atoms with Gasteiger partial charge in [-0.05, 0) is 38.0 Å². The molecule has 6 heteroatoms. The van der Waals surface area contributed by atoms with Gasteiger partial charge in [-0.25, -0.2) is 4.99 Å². The van der Waals surface area contributed by atoms with Gasteiger partial charge in [-0.3, -0.25) is 5.10 Å². The molecule has 0 atom stereocenters. The highest BCUT2D eigenvalue weighted by molar-refractivity contribution is 5.79. The number of aromatic amines is 1. The molecule has 0 fully saturated rings. The molecule has 24 heavy (non-hydrogen) atoms. The molecule has 0 bridgehead atoms. The van der Waals surface area contributed by atoms with Gasteiger partial charge in [0, 0.05) is 18.3 Å². The Bertz CT molecular complexity index is 637. The summed E-state index contributed by atoms with van der Waals surface area (Å²) in [5.74, 6) is 1.69. The van der Waals surface area contributed by atoms with Gasteiger partial charge in [0.2, 0.25) is 0 Å². The lowest BCUT2D eigenvalue weighted by molar-refractivity contribution is 0.314. The predicted octanol–water partition coefficient (Wildman–Crippen LogP) is 2.76. The smallest absolute Gasteiger partial charge is 0.191 e. The van der Waals surface area contributed by atoms with Gasteiger partial charge in [-0.2, -0.15) is 5.10 Å². The Balaban J connectivity index is 2.04. The molecule has 2 rings (SSSR count). The van der Waals surface area contributed by atoms with E-state index in [0.29, 0.717) is 13.1 Å². The van der Waals surface area contributed by atoms with Gasteiger partial charge in [-0.15, -0.1) is 0 Å². The van der Waals surface area contributed by atoms with Crippen molar-refractivity contribution in [2.45, 2.75) is 40.3 Å². The summed E-state index contributed by atoms with van der Waals surface area (Å²) in [7, 11) is 0. The van der Waals surface area contributed by atoms with Gasteiger partial charge in [0.05, 0.1) is 25.4 Å². The molecule has 0 spiro atoms. The lowest BCUT2D eigenvalue weighted by Crippen LogP contribution is -2.36. The van der Waals surface area contributed by atoms with E-state index in [1.165, 1.54) is 5.56 Å². The molecule has 0 radical (unpaired) electrons. The maximum atomic E-state index is 5.85. The Labute approximate surface area is 143 Å². The summed E-state index contributed by atoms with van der Waals surface area (Å²) < 4.78 is 5.85. The van der Waals surface area contributed by atoms with E-state index in [1.807, 2.05) is 6.07 Å². The van der Waals surface area contributed by atoms with Crippen LogP contribution in [0.3, 0.4) is 0 Å². The minimum Gasteiger partial charge on any atom is -0.493 e. The maximum absolute atomic E-state index is 5.85. The van der Waals surface area contributed by atoms with Crippen molar-refractivity contribution in [2.75, 3.05) is 13.2 Å². The highest BCUT2D eigenvalue weighted by Crippen LogP contribution is 2.21. The third-order valence-electron chi connectivity index (χ3n) is 3.44. The second kappa shape index (κ2) is 9.60. The zero-order chi connectivity index (χ0) is 17.2. The first-order valence-electron chi connectivity index (χ1n) is 8.45. The summed E-state index contributed by atoms with van der Waals surface area (Å²) in [6.07, 6.45) is 2.73. The number of hydrogen-bond acceptors (Lipinski definition) is 3. The fourth-order valence-electron chi connectivity index (χ4n) is 2.21. The van der Waals surface area contributed by atoms with Crippen molar-refractivity contribution < 1.29 is 4.74 Å². The van der Waals surface area contributed by atoms with E-state index in [2.05, 4.69) is 64.8 Å². The monoisotopic (exact) mass is 329 g/mol. The van der Waals surface area contributed by atoms with Crippen molar-refractivity contribution in [1.29, 1.82) is 0 Å². The van der Waals surface area contributed by atoms with E-state index >= 15 is 0 Å². The second-order valence-corrected chi connectivity index (χ2v) is 5.59. The van der Waals surface area contributed by atoms with Crippen LogP contribution in [0.4, 0.5) is 0 Å². The highest BCUT2D eigenvalue weighted by Gasteiger charge is 2.05. The van der Waals surface area contributed by atoms with Crippen LogP contribution in [0.2, 0.25) is 0 Å². The van der Waals surface area contributed by atoms with Crippen LogP contribution in [0, 0.1) is 6.92 Å². The van der Waals surface area contributed by atoms with E-state index in [0.717, 1.165) is 42.5 Å². The summed E-state index contributed by atoms with van der Waals surface area (Å²) in [6.45, 7) is 8.98. The molecule has 1 heterocycles. The number of benzene rings is 1. The lowest BCUT2D eigenvalue weighted by Gasteiger charge is -2.13. The Morgan fingerprint density at radius 3 is 2.83 bits per heavy atom. The van der Waals surface area contributed by atoms with Gasteiger partial charge in [0.15, 0.2) is 5.96 Å². The van der Waals surface area contributed by atoms with E-state index < -0.39 is 0 Å². The van der Waals surface area contributed by atoms with Crippen molar-refractivity contribution in [3.63, 3.8) is 0 Å². The van der Waals surface area contributed by atoms with Crippen molar-refractivity contribution >= 4 is 5.96 Å². The average Bonchev–Trinajstić information content (AvgIpc) is 3.10. The van der Waals surface area contributed by atoms with Crippen LogP contribution in [-0.4, -0.2) is 29.3 Å². The van der Waals surface area contributed by atoms with Crippen molar-refractivity contribution in [3.05, 3.63) is 47.3 Å².